The second kappa shape index (κ2) is 3.75. The molecule has 1 heterocycles. The lowest BCUT2D eigenvalue weighted by molar-refractivity contribution is 0.0827. The normalized spacial score (nSPS) is 9.85. The molecule has 0 radical (unpaired) electrons. The van der Waals surface area contributed by atoms with Gasteiger partial charge in [-0.25, -0.2) is 4.98 Å². The van der Waals surface area contributed by atoms with Crippen LogP contribution < -0.4 is 0 Å². The molecule has 70 valence electrons. The Kier molecular flexibility index (Phi) is 2.88. The SMILES string of the molecule is Cc1c(C(=O)N(C)C)ccnc1Cl. The lowest BCUT2D eigenvalue weighted by atomic mass is 10.1. The zero-order valence-electron chi connectivity index (χ0n) is 7.84. The van der Waals surface area contributed by atoms with E-state index in [4.69, 9.17) is 11.6 Å². The summed E-state index contributed by atoms with van der Waals surface area (Å²) in [4.78, 5) is 16.9. The van der Waals surface area contributed by atoms with Crippen LogP contribution in [-0.4, -0.2) is 29.9 Å². The molecule has 0 fully saturated rings. The Hall–Kier alpha value is -1.09. The number of nitrogens with zero attached hydrogens (tertiary/aromatic N) is 2. The van der Waals surface area contributed by atoms with Gasteiger partial charge in [-0.15, -0.1) is 0 Å². The summed E-state index contributed by atoms with van der Waals surface area (Å²) in [5, 5.41) is 0.382. The molecule has 4 heteroatoms. The molecule has 1 amide bonds. The van der Waals surface area contributed by atoms with E-state index in [2.05, 4.69) is 4.98 Å². The second-order valence-corrected chi connectivity index (χ2v) is 3.33. The molecular weight excluding hydrogens is 188 g/mol. The Morgan fingerprint density at radius 1 is 1.54 bits per heavy atom. The Morgan fingerprint density at radius 3 is 2.69 bits per heavy atom. The third-order valence-electron chi connectivity index (χ3n) is 1.78. The van der Waals surface area contributed by atoms with Crippen LogP contribution in [0.4, 0.5) is 0 Å². The first kappa shape index (κ1) is 9.99. The molecular formula is C9H11ClN2O. The molecule has 1 rings (SSSR count). The zero-order chi connectivity index (χ0) is 10.0. The van der Waals surface area contributed by atoms with Crippen molar-refractivity contribution in [3.05, 3.63) is 28.5 Å². The van der Waals surface area contributed by atoms with Crippen LogP contribution >= 0.6 is 11.6 Å². The molecule has 0 saturated carbocycles. The van der Waals surface area contributed by atoms with Crippen molar-refractivity contribution in [2.24, 2.45) is 0 Å². The van der Waals surface area contributed by atoms with Gasteiger partial charge >= 0.3 is 0 Å². The predicted molar refractivity (Wildman–Crippen MR) is 52.0 cm³/mol. The van der Waals surface area contributed by atoms with Crippen LogP contribution in [0.3, 0.4) is 0 Å². The maximum atomic E-state index is 11.6. The predicted octanol–water partition coefficient (Wildman–Crippen LogP) is 1.75. The van der Waals surface area contributed by atoms with Crippen molar-refractivity contribution in [1.29, 1.82) is 0 Å². The van der Waals surface area contributed by atoms with Gasteiger partial charge in [0.05, 0.1) is 0 Å². The van der Waals surface area contributed by atoms with E-state index in [0.717, 1.165) is 5.56 Å². The van der Waals surface area contributed by atoms with Crippen molar-refractivity contribution in [1.82, 2.24) is 9.88 Å². The standard InChI is InChI=1S/C9H11ClN2O/c1-6-7(9(13)12(2)3)4-5-11-8(6)10/h4-5H,1-3H3. The Labute approximate surface area is 82.3 Å². The highest BCUT2D eigenvalue weighted by Crippen LogP contribution is 2.16. The number of amides is 1. The first-order valence-electron chi connectivity index (χ1n) is 3.86. The van der Waals surface area contributed by atoms with Gasteiger partial charge in [-0.05, 0) is 18.6 Å². The van der Waals surface area contributed by atoms with E-state index in [1.54, 1.807) is 27.1 Å². The number of hydrogen-bond donors (Lipinski definition) is 0. The summed E-state index contributed by atoms with van der Waals surface area (Å²) in [7, 11) is 3.41. The van der Waals surface area contributed by atoms with E-state index >= 15 is 0 Å². The summed E-state index contributed by atoms with van der Waals surface area (Å²) >= 11 is 5.78. The molecule has 0 spiro atoms. The Morgan fingerprint density at radius 2 is 2.15 bits per heavy atom. The summed E-state index contributed by atoms with van der Waals surface area (Å²) in [6.45, 7) is 1.78. The van der Waals surface area contributed by atoms with E-state index in [0.29, 0.717) is 10.7 Å². The molecule has 0 bridgehead atoms. The lowest BCUT2D eigenvalue weighted by Gasteiger charge is -2.12. The quantitative estimate of drug-likeness (QED) is 0.645. The van der Waals surface area contributed by atoms with E-state index in [1.807, 2.05) is 0 Å². The fraction of sp³-hybridized carbons (Fsp3) is 0.333. The summed E-state index contributed by atoms with van der Waals surface area (Å²) < 4.78 is 0. The number of pyridine rings is 1. The Bertz CT molecular complexity index is 336. The molecule has 0 aromatic carbocycles. The molecule has 0 saturated heterocycles. The third-order valence-corrected chi connectivity index (χ3v) is 2.16. The number of rotatable bonds is 1. The number of carbonyl (C=O) groups excluding carboxylic acids is 1. The highest BCUT2D eigenvalue weighted by molar-refractivity contribution is 6.30. The van der Waals surface area contributed by atoms with Gasteiger partial charge in [0.15, 0.2) is 0 Å². The van der Waals surface area contributed by atoms with Crippen LogP contribution in [0.5, 0.6) is 0 Å². The van der Waals surface area contributed by atoms with Gasteiger partial charge in [0.25, 0.3) is 5.91 Å². The smallest absolute Gasteiger partial charge is 0.253 e. The lowest BCUT2D eigenvalue weighted by Crippen LogP contribution is -2.22. The van der Waals surface area contributed by atoms with Crippen LogP contribution in [-0.2, 0) is 0 Å². The minimum Gasteiger partial charge on any atom is -0.345 e. The zero-order valence-corrected chi connectivity index (χ0v) is 8.59. The van der Waals surface area contributed by atoms with E-state index < -0.39 is 0 Å². The molecule has 1 aromatic rings. The molecule has 0 aliphatic heterocycles. The largest absolute Gasteiger partial charge is 0.345 e. The van der Waals surface area contributed by atoms with Crippen molar-refractivity contribution < 1.29 is 4.79 Å². The maximum absolute atomic E-state index is 11.6. The fourth-order valence-electron chi connectivity index (χ4n) is 0.983. The molecule has 1 aromatic heterocycles. The van der Waals surface area contributed by atoms with Gasteiger partial charge < -0.3 is 4.90 Å². The average molecular weight is 199 g/mol. The van der Waals surface area contributed by atoms with Gasteiger partial charge in [0.1, 0.15) is 5.15 Å². The van der Waals surface area contributed by atoms with E-state index in [1.165, 1.54) is 11.1 Å². The van der Waals surface area contributed by atoms with Crippen LogP contribution in [0.25, 0.3) is 0 Å². The van der Waals surface area contributed by atoms with Gasteiger partial charge in [0, 0.05) is 25.9 Å². The van der Waals surface area contributed by atoms with Crippen LogP contribution in [0, 0.1) is 6.92 Å². The van der Waals surface area contributed by atoms with Gasteiger partial charge in [-0.2, -0.15) is 0 Å². The topological polar surface area (TPSA) is 33.2 Å². The molecule has 13 heavy (non-hydrogen) atoms. The molecule has 0 unspecified atom stereocenters. The molecule has 3 nitrogen and oxygen atoms in total. The van der Waals surface area contributed by atoms with Crippen LogP contribution in [0.15, 0.2) is 12.3 Å². The molecule has 0 aliphatic rings. The summed E-state index contributed by atoms with van der Waals surface area (Å²) in [5.74, 6) is -0.0539. The molecule has 0 N–H and O–H groups in total. The molecule has 0 aliphatic carbocycles. The van der Waals surface area contributed by atoms with E-state index in [-0.39, 0.29) is 5.91 Å². The fourth-order valence-corrected chi connectivity index (χ4v) is 1.14. The highest BCUT2D eigenvalue weighted by atomic mass is 35.5. The first-order valence-corrected chi connectivity index (χ1v) is 4.24. The van der Waals surface area contributed by atoms with Gasteiger partial charge in [-0.1, -0.05) is 11.6 Å². The van der Waals surface area contributed by atoms with Crippen LogP contribution in [0.1, 0.15) is 15.9 Å². The molecule has 0 atom stereocenters. The Balaban J connectivity index is 3.15. The summed E-state index contributed by atoms with van der Waals surface area (Å²) in [6, 6.07) is 1.67. The minimum absolute atomic E-state index is 0.0539. The van der Waals surface area contributed by atoms with Gasteiger partial charge in [-0.3, -0.25) is 4.79 Å². The van der Waals surface area contributed by atoms with Crippen molar-refractivity contribution in [2.45, 2.75) is 6.92 Å². The van der Waals surface area contributed by atoms with Crippen molar-refractivity contribution in [3.8, 4) is 0 Å². The average Bonchev–Trinajstić information content (AvgIpc) is 2.08. The first-order chi connectivity index (χ1) is 6.04. The maximum Gasteiger partial charge on any atom is 0.253 e. The number of halogens is 1. The minimum atomic E-state index is -0.0539. The number of carbonyl (C=O) groups is 1. The monoisotopic (exact) mass is 198 g/mol. The summed E-state index contributed by atoms with van der Waals surface area (Å²) in [5.41, 5.74) is 1.33. The second-order valence-electron chi connectivity index (χ2n) is 2.97. The summed E-state index contributed by atoms with van der Waals surface area (Å²) in [6.07, 6.45) is 1.53. The third kappa shape index (κ3) is 1.98. The van der Waals surface area contributed by atoms with Crippen molar-refractivity contribution in [3.63, 3.8) is 0 Å². The van der Waals surface area contributed by atoms with E-state index in [9.17, 15) is 4.79 Å². The van der Waals surface area contributed by atoms with Crippen molar-refractivity contribution >= 4 is 17.5 Å². The number of hydrogen-bond acceptors (Lipinski definition) is 2. The van der Waals surface area contributed by atoms with Crippen molar-refractivity contribution in [2.75, 3.05) is 14.1 Å². The van der Waals surface area contributed by atoms with Gasteiger partial charge in [0.2, 0.25) is 0 Å². The highest BCUT2D eigenvalue weighted by Gasteiger charge is 2.12. The van der Waals surface area contributed by atoms with Crippen LogP contribution in [0.2, 0.25) is 5.15 Å². The number of aromatic nitrogens is 1.